The average molecular weight is 472 g/mol. The fraction of sp³-hybridized carbons (Fsp3) is 0.619. The third-order valence-corrected chi connectivity index (χ3v) is 6.87. The Balaban J connectivity index is 1.35. The lowest BCUT2D eigenvalue weighted by Gasteiger charge is -2.23. The van der Waals surface area contributed by atoms with Crippen molar-refractivity contribution >= 4 is 22.0 Å². The minimum absolute atomic E-state index is 0.0142. The summed E-state index contributed by atoms with van der Waals surface area (Å²) in [5.74, 6) is -0.577. The molecule has 2 fully saturated rings. The number of unbranched alkanes of at least 4 members (excludes halogenated alkanes) is 2. The molecule has 0 aromatic heterocycles. The molecule has 0 aliphatic carbocycles. The minimum Gasteiger partial charge on any atom is -0.487 e. The van der Waals surface area contributed by atoms with Crippen LogP contribution in [0.2, 0.25) is 0 Å². The van der Waals surface area contributed by atoms with Gasteiger partial charge in [-0.15, -0.1) is 0 Å². The molecule has 32 heavy (non-hydrogen) atoms. The summed E-state index contributed by atoms with van der Waals surface area (Å²) < 4.78 is 52.1. The zero-order chi connectivity index (χ0) is 23.0. The lowest BCUT2D eigenvalue weighted by molar-refractivity contribution is -0.118. The molecule has 2 saturated heterocycles. The summed E-state index contributed by atoms with van der Waals surface area (Å²) >= 11 is 0. The summed E-state index contributed by atoms with van der Waals surface area (Å²) in [6.45, 7) is 1.89. The highest BCUT2D eigenvalue weighted by Gasteiger charge is 2.25. The van der Waals surface area contributed by atoms with Crippen molar-refractivity contribution in [1.29, 1.82) is 0 Å². The van der Waals surface area contributed by atoms with Crippen LogP contribution in [0.5, 0.6) is 5.75 Å². The van der Waals surface area contributed by atoms with Gasteiger partial charge in [0.05, 0.1) is 19.0 Å². The summed E-state index contributed by atoms with van der Waals surface area (Å²) in [6.07, 6.45) is 3.48. The number of nitrogens with zero attached hydrogens (tertiary/aromatic N) is 1. The number of imide groups is 1. The summed E-state index contributed by atoms with van der Waals surface area (Å²) in [5.41, 5.74) is 0.787. The Kier molecular flexibility index (Phi) is 8.83. The zero-order valence-electron chi connectivity index (χ0n) is 18.0. The number of carbonyl (C=O) groups is 2. The molecule has 1 aromatic rings. The number of rotatable bonds is 12. The van der Waals surface area contributed by atoms with Crippen molar-refractivity contribution in [2.45, 2.75) is 44.6 Å². The Bertz CT molecular complexity index is 905. The minimum atomic E-state index is -3.43. The second-order valence-corrected chi connectivity index (χ2v) is 9.92. The Labute approximate surface area is 187 Å². The highest BCUT2D eigenvalue weighted by atomic mass is 32.2. The van der Waals surface area contributed by atoms with Crippen LogP contribution in [0.15, 0.2) is 18.2 Å². The first kappa shape index (κ1) is 24.4. The van der Waals surface area contributed by atoms with Crippen molar-refractivity contribution in [1.82, 2.24) is 14.9 Å². The van der Waals surface area contributed by atoms with Gasteiger partial charge >= 0.3 is 6.03 Å². The Hall–Kier alpha value is -2.24. The van der Waals surface area contributed by atoms with Crippen LogP contribution in [0, 0.1) is 5.82 Å². The molecular formula is C21H30FN3O6S. The van der Waals surface area contributed by atoms with Gasteiger partial charge in [0.1, 0.15) is 12.6 Å². The van der Waals surface area contributed by atoms with Crippen LogP contribution in [0.3, 0.4) is 0 Å². The molecule has 1 aromatic carbocycles. The SMILES string of the molecule is O=C1CN(CCCCCS(=O)(=O)NCCc2ccc(F)c(OC3CCOCC3)c2)C(=O)N1. The van der Waals surface area contributed by atoms with Gasteiger partial charge in [0.2, 0.25) is 15.9 Å². The third-order valence-electron chi connectivity index (χ3n) is 5.40. The molecule has 0 atom stereocenters. The molecule has 2 aliphatic rings. The number of benzene rings is 1. The van der Waals surface area contributed by atoms with Crippen molar-refractivity contribution in [3.8, 4) is 5.75 Å². The maximum Gasteiger partial charge on any atom is 0.324 e. The summed E-state index contributed by atoms with van der Waals surface area (Å²) in [7, 11) is -3.43. The maximum atomic E-state index is 14.1. The van der Waals surface area contributed by atoms with Crippen molar-refractivity contribution in [3.05, 3.63) is 29.6 Å². The van der Waals surface area contributed by atoms with Crippen LogP contribution in [-0.2, 0) is 26.0 Å². The number of ether oxygens (including phenoxy) is 2. The van der Waals surface area contributed by atoms with E-state index in [1.807, 2.05) is 0 Å². The van der Waals surface area contributed by atoms with E-state index in [-0.39, 0.29) is 36.6 Å². The van der Waals surface area contributed by atoms with Gasteiger partial charge in [-0.2, -0.15) is 0 Å². The van der Waals surface area contributed by atoms with E-state index in [2.05, 4.69) is 10.0 Å². The van der Waals surface area contributed by atoms with Gasteiger partial charge in [-0.25, -0.2) is 22.3 Å². The lowest BCUT2D eigenvalue weighted by Crippen LogP contribution is -2.30. The molecule has 2 N–H and O–H groups in total. The van der Waals surface area contributed by atoms with Crippen LogP contribution in [0.25, 0.3) is 0 Å². The Morgan fingerprint density at radius 1 is 1.19 bits per heavy atom. The number of sulfonamides is 1. The van der Waals surface area contributed by atoms with Gasteiger partial charge in [0, 0.05) is 25.9 Å². The van der Waals surface area contributed by atoms with Crippen LogP contribution >= 0.6 is 0 Å². The summed E-state index contributed by atoms with van der Waals surface area (Å²) in [4.78, 5) is 24.0. The molecular weight excluding hydrogens is 441 g/mol. The van der Waals surface area contributed by atoms with E-state index in [4.69, 9.17) is 9.47 Å². The second kappa shape index (κ2) is 11.6. The fourth-order valence-corrected chi connectivity index (χ4v) is 4.77. The fourth-order valence-electron chi connectivity index (χ4n) is 3.63. The van der Waals surface area contributed by atoms with Gasteiger partial charge in [-0.3, -0.25) is 10.1 Å². The van der Waals surface area contributed by atoms with Crippen molar-refractivity contribution in [2.24, 2.45) is 0 Å². The summed E-state index contributed by atoms with van der Waals surface area (Å²) in [5, 5.41) is 2.20. The molecule has 0 spiro atoms. The molecule has 0 bridgehead atoms. The first-order chi connectivity index (χ1) is 15.3. The van der Waals surface area contributed by atoms with E-state index in [1.165, 1.54) is 11.0 Å². The number of halogens is 1. The second-order valence-electron chi connectivity index (χ2n) is 7.99. The molecule has 11 heteroatoms. The van der Waals surface area contributed by atoms with E-state index in [0.29, 0.717) is 58.3 Å². The smallest absolute Gasteiger partial charge is 0.324 e. The van der Waals surface area contributed by atoms with Crippen LogP contribution in [-0.4, -0.2) is 70.0 Å². The number of carbonyl (C=O) groups excluding carboxylic acids is 2. The van der Waals surface area contributed by atoms with Crippen LogP contribution < -0.4 is 14.8 Å². The van der Waals surface area contributed by atoms with Gasteiger partial charge in [0.15, 0.2) is 11.6 Å². The predicted octanol–water partition coefficient (Wildman–Crippen LogP) is 1.57. The van der Waals surface area contributed by atoms with Crippen molar-refractivity contribution in [3.63, 3.8) is 0 Å². The van der Waals surface area contributed by atoms with Crippen molar-refractivity contribution in [2.75, 3.05) is 38.6 Å². The first-order valence-electron chi connectivity index (χ1n) is 10.9. The zero-order valence-corrected chi connectivity index (χ0v) is 18.8. The highest BCUT2D eigenvalue weighted by molar-refractivity contribution is 7.89. The van der Waals surface area contributed by atoms with E-state index in [0.717, 1.165) is 5.56 Å². The molecule has 0 unspecified atom stereocenters. The molecule has 9 nitrogen and oxygen atoms in total. The quantitative estimate of drug-likeness (QED) is 0.353. The van der Waals surface area contributed by atoms with Crippen molar-refractivity contribution < 1.29 is 31.9 Å². The molecule has 2 aliphatic heterocycles. The average Bonchev–Trinajstić information content (AvgIpc) is 3.07. The number of hydrogen-bond donors (Lipinski definition) is 2. The van der Waals surface area contributed by atoms with Gasteiger partial charge in [0.25, 0.3) is 0 Å². The molecule has 3 amide bonds. The molecule has 178 valence electrons. The normalized spacial score (nSPS) is 17.6. The first-order valence-corrected chi connectivity index (χ1v) is 12.6. The van der Waals surface area contributed by atoms with E-state index in [9.17, 15) is 22.4 Å². The maximum absolute atomic E-state index is 14.1. The molecule has 2 heterocycles. The molecule has 3 rings (SSSR count). The molecule has 0 radical (unpaired) electrons. The number of amides is 3. The van der Waals surface area contributed by atoms with E-state index < -0.39 is 21.9 Å². The monoisotopic (exact) mass is 471 g/mol. The lowest BCUT2D eigenvalue weighted by atomic mass is 10.1. The van der Waals surface area contributed by atoms with Gasteiger partial charge in [-0.05, 0) is 37.0 Å². The number of hydrogen-bond acceptors (Lipinski definition) is 6. The van der Waals surface area contributed by atoms with Crippen LogP contribution in [0.4, 0.5) is 9.18 Å². The van der Waals surface area contributed by atoms with E-state index >= 15 is 0 Å². The summed E-state index contributed by atoms with van der Waals surface area (Å²) in [6, 6.07) is 4.19. The van der Waals surface area contributed by atoms with Gasteiger partial charge < -0.3 is 14.4 Å². The molecule has 0 saturated carbocycles. The predicted molar refractivity (Wildman–Crippen MR) is 115 cm³/mol. The number of nitrogens with one attached hydrogen (secondary N) is 2. The topological polar surface area (TPSA) is 114 Å². The third kappa shape index (κ3) is 7.72. The largest absolute Gasteiger partial charge is 0.487 e. The van der Waals surface area contributed by atoms with Gasteiger partial charge in [-0.1, -0.05) is 12.5 Å². The van der Waals surface area contributed by atoms with E-state index in [1.54, 1.807) is 12.1 Å². The number of urea groups is 1. The van der Waals surface area contributed by atoms with Crippen LogP contribution in [0.1, 0.15) is 37.7 Å². The Morgan fingerprint density at radius 3 is 2.69 bits per heavy atom. The Morgan fingerprint density at radius 2 is 1.97 bits per heavy atom. The standard InChI is InChI=1S/C21H30FN3O6S/c22-18-5-4-16(14-19(18)31-17-7-11-30-12-8-17)6-9-23-32(28,29)13-3-1-2-10-25-15-20(26)24-21(25)27/h4-5,14,17,23H,1-3,6-13,15H2,(H,24,26,27). The highest BCUT2D eigenvalue weighted by Crippen LogP contribution is 2.23.